The summed E-state index contributed by atoms with van der Waals surface area (Å²) in [6, 6.07) is 3.29. The van der Waals surface area contributed by atoms with Crippen LogP contribution in [0.4, 0.5) is 4.39 Å². The Morgan fingerprint density at radius 3 is 2.85 bits per heavy atom. The zero-order valence-corrected chi connectivity index (χ0v) is 7.83. The molecule has 0 aliphatic heterocycles. The van der Waals surface area contributed by atoms with Gasteiger partial charge in [0.25, 0.3) is 0 Å². The van der Waals surface area contributed by atoms with Crippen LogP contribution in [0.3, 0.4) is 0 Å². The highest BCUT2D eigenvalue weighted by molar-refractivity contribution is 5.14. The van der Waals surface area contributed by atoms with E-state index in [-0.39, 0.29) is 5.95 Å². The van der Waals surface area contributed by atoms with E-state index in [1.807, 2.05) is 6.07 Å². The van der Waals surface area contributed by atoms with Crippen LogP contribution in [0, 0.1) is 11.9 Å². The summed E-state index contributed by atoms with van der Waals surface area (Å²) in [6.07, 6.45) is 5.63. The Balaban J connectivity index is 2.01. The summed E-state index contributed by atoms with van der Waals surface area (Å²) in [5, 5.41) is 0. The predicted octanol–water partition coefficient (Wildman–Crippen LogP) is 3.12. The second-order valence-corrected chi connectivity index (χ2v) is 3.99. The zero-order chi connectivity index (χ0) is 9.26. The average Bonchev–Trinajstić information content (AvgIpc) is 2.89. The summed E-state index contributed by atoms with van der Waals surface area (Å²) in [6.45, 7) is 2.19. The third-order valence-electron chi connectivity index (χ3n) is 2.70. The van der Waals surface area contributed by atoms with E-state index in [2.05, 4.69) is 11.9 Å². The van der Waals surface area contributed by atoms with Crippen molar-refractivity contribution in [3.8, 4) is 0 Å². The predicted molar refractivity (Wildman–Crippen MR) is 50.0 cm³/mol. The fourth-order valence-corrected chi connectivity index (χ4v) is 1.67. The Morgan fingerprint density at radius 1 is 1.54 bits per heavy atom. The minimum atomic E-state index is -0.387. The standard InChI is InChI=1S/C11H14FN/c1-8(6-9-2-3-9)10-4-5-11(12)13-7-10/h4-5,7-9H,2-3,6H2,1H3. The number of halogens is 1. The van der Waals surface area contributed by atoms with Crippen molar-refractivity contribution in [2.45, 2.75) is 32.1 Å². The Bertz CT molecular complexity index is 277. The summed E-state index contributed by atoms with van der Waals surface area (Å²) >= 11 is 0. The van der Waals surface area contributed by atoms with E-state index < -0.39 is 0 Å². The molecule has 1 aromatic rings. The van der Waals surface area contributed by atoms with E-state index >= 15 is 0 Å². The van der Waals surface area contributed by atoms with Crippen LogP contribution in [0.5, 0.6) is 0 Å². The quantitative estimate of drug-likeness (QED) is 0.649. The topological polar surface area (TPSA) is 12.9 Å². The highest BCUT2D eigenvalue weighted by atomic mass is 19.1. The molecule has 0 spiro atoms. The van der Waals surface area contributed by atoms with Gasteiger partial charge in [0.05, 0.1) is 0 Å². The van der Waals surface area contributed by atoms with Crippen molar-refractivity contribution in [1.82, 2.24) is 4.98 Å². The van der Waals surface area contributed by atoms with E-state index in [0.717, 1.165) is 11.5 Å². The molecule has 1 heterocycles. The maximum absolute atomic E-state index is 12.5. The van der Waals surface area contributed by atoms with Crippen molar-refractivity contribution in [3.05, 3.63) is 29.8 Å². The largest absolute Gasteiger partial charge is 0.228 e. The van der Waals surface area contributed by atoms with Gasteiger partial charge in [0.2, 0.25) is 5.95 Å². The Hall–Kier alpha value is -0.920. The molecule has 1 unspecified atom stereocenters. The van der Waals surface area contributed by atoms with Crippen molar-refractivity contribution >= 4 is 0 Å². The minimum absolute atomic E-state index is 0.387. The lowest BCUT2D eigenvalue weighted by atomic mass is 9.97. The first-order chi connectivity index (χ1) is 6.25. The van der Waals surface area contributed by atoms with Gasteiger partial charge in [-0.3, -0.25) is 0 Å². The van der Waals surface area contributed by atoms with Crippen LogP contribution < -0.4 is 0 Å². The molecule has 2 heteroatoms. The van der Waals surface area contributed by atoms with Crippen LogP contribution in [-0.4, -0.2) is 4.98 Å². The number of hydrogen-bond donors (Lipinski definition) is 0. The number of aromatic nitrogens is 1. The highest BCUT2D eigenvalue weighted by Crippen LogP contribution is 2.38. The van der Waals surface area contributed by atoms with Crippen LogP contribution >= 0.6 is 0 Å². The van der Waals surface area contributed by atoms with Gasteiger partial charge < -0.3 is 0 Å². The van der Waals surface area contributed by atoms with Gasteiger partial charge in [-0.1, -0.05) is 25.8 Å². The van der Waals surface area contributed by atoms with Gasteiger partial charge in [0.1, 0.15) is 0 Å². The summed E-state index contributed by atoms with van der Waals surface area (Å²) in [5.41, 5.74) is 1.16. The first-order valence-corrected chi connectivity index (χ1v) is 4.87. The molecule has 1 fully saturated rings. The van der Waals surface area contributed by atoms with Crippen molar-refractivity contribution in [2.75, 3.05) is 0 Å². The van der Waals surface area contributed by atoms with Crippen LogP contribution in [0.2, 0.25) is 0 Å². The van der Waals surface area contributed by atoms with Crippen LogP contribution in [0.1, 0.15) is 37.7 Å². The fourth-order valence-electron chi connectivity index (χ4n) is 1.67. The molecule has 1 saturated carbocycles. The molecule has 1 aliphatic carbocycles. The molecule has 70 valence electrons. The third-order valence-corrected chi connectivity index (χ3v) is 2.70. The van der Waals surface area contributed by atoms with E-state index in [9.17, 15) is 4.39 Å². The molecule has 0 saturated heterocycles. The number of hydrogen-bond acceptors (Lipinski definition) is 1. The molecule has 0 amide bonds. The summed E-state index contributed by atoms with van der Waals surface area (Å²) in [4.78, 5) is 3.66. The summed E-state index contributed by atoms with van der Waals surface area (Å²) in [7, 11) is 0. The number of rotatable bonds is 3. The molecule has 0 N–H and O–H groups in total. The molecular weight excluding hydrogens is 165 g/mol. The summed E-state index contributed by atoms with van der Waals surface area (Å²) < 4.78 is 12.5. The normalized spacial score (nSPS) is 18.6. The molecule has 1 nitrogen and oxygen atoms in total. The van der Waals surface area contributed by atoms with Gasteiger partial charge in [0.15, 0.2) is 0 Å². The Kier molecular flexibility index (Phi) is 2.30. The van der Waals surface area contributed by atoms with Gasteiger partial charge in [0, 0.05) is 6.20 Å². The zero-order valence-electron chi connectivity index (χ0n) is 7.83. The maximum atomic E-state index is 12.5. The van der Waals surface area contributed by atoms with E-state index in [4.69, 9.17) is 0 Å². The fraction of sp³-hybridized carbons (Fsp3) is 0.545. The molecule has 2 rings (SSSR count). The molecule has 0 aromatic carbocycles. The lowest BCUT2D eigenvalue weighted by molar-refractivity contribution is 0.573. The van der Waals surface area contributed by atoms with Gasteiger partial charge in [-0.2, -0.15) is 4.39 Å². The van der Waals surface area contributed by atoms with Crippen molar-refractivity contribution < 1.29 is 4.39 Å². The third kappa shape index (κ3) is 2.27. The minimum Gasteiger partial charge on any atom is -0.228 e. The number of nitrogens with zero attached hydrogens (tertiary/aromatic N) is 1. The first kappa shape index (κ1) is 8.67. The van der Waals surface area contributed by atoms with Crippen LogP contribution in [-0.2, 0) is 0 Å². The van der Waals surface area contributed by atoms with Crippen molar-refractivity contribution in [1.29, 1.82) is 0 Å². The smallest absolute Gasteiger partial charge is 0.212 e. The monoisotopic (exact) mass is 179 g/mol. The summed E-state index contributed by atoms with van der Waals surface area (Å²) in [5.74, 6) is 1.06. The van der Waals surface area contributed by atoms with E-state index in [1.54, 1.807) is 6.20 Å². The van der Waals surface area contributed by atoms with Gasteiger partial charge in [-0.05, 0) is 29.9 Å². The van der Waals surface area contributed by atoms with Crippen LogP contribution in [0.15, 0.2) is 18.3 Å². The lowest BCUT2D eigenvalue weighted by Crippen LogP contribution is -1.96. The molecule has 1 aliphatic rings. The second-order valence-electron chi connectivity index (χ2n) is 3.99. The van der Waals surface area contributed by atoms with Gasteiger partial charge >= 0.3 is 0 Å². The van der Waals surface area contributed by atoms with Gasteiger partial charge in [-0.25, -0.2) is 4.98 Å². The van der Waals surface area contributed by atoms with E-state index in [1.165, 1.54) is 25.3 Å². The molecule has 0 radical (unpaired) electrons. The van der Waals surface area contributed by atoms with Crippen LogP contribution in [0.25, 0.3) is 0 Å². The Morgan fingerprint density at radius 2 is 2.31 bits per heavy atom. The highest BCUT2D eigenvalue weighted by Gasteiger charge is 2.24. The molecule has 13 heavy (non-hydrogen) atoms. The van der Waals surface area contributed by atoms with Crippen molar-refractivity contribution in [3.63, 3.8) is 0 Å². The second kappa shape index (κ2) is 3.44. The molecule has 1 aromatic heterocycles. The van der Waals surface area contributed by atoms with Crippen molar-refractivity contribution in [2.24, 2.45) is 5.92 Å². The Labute approximate surface area is 78.0 Å². The SMILES string of the molecule is CC(CC1CC1)c1ccc(F)nc1. The molecular formula is C11H14FN. The molecule has 0 bridgehead atoms. The number of pyridine rings is 1. The van der Waals surface area contributed by atoms with E-state index in [0.29, 0.717) is 5.92 Å². The maximum Gasteiger partial charge on any atom is 0.212 e. The molecule has 1 atom stereocenters. The average molecular weight is 179 g/mol. The lowest BCUT2D eigenvalue weighted by Gasteiger charge is -2.09. The van der Waals surface area contributed by atoms with Gasteiger partial charge in [-0.15, -0.1) is 0 Å². The first-order valence-electron chi connectivity index (χ1n) is 4.87.